The Morgan fingerprint density at radius 3 is 2.90 bits per heavy atom. The third-order valence-electron chi connectivity index (χ3n) is 4.18. The number of nitrogens with zero attached hydrogens (tertiary/aromatic N) is 2. The molecule has 1 aromatic rings. The Morgan fingerprint density at radius 2 is 2.29 bits per heavy atom. The average molecular weight is 307 g/mol. The first-order valence-electron chi connectivity index (χ1n) is 7.36. The zero-order chi connectivity index (χ0) is 15.4. The number of likely N-dealkylation sites (tertiary alicyclic amines) is 1. The summed E-state index contributed by atoms with van der Waals surface area (Å²) in [5.41, 5.74) is 7.82. The lowest BCUT2D eigenvalue weighted by atomic mass is 10.0. The van der Waals surface area contributed by atoms with Crippen molar-refractivity contribution in [3.05, 3.63) is 29.3 Å². The predicted octanol–water partition coefficient (Wildman–Crippen LogP) is 1.86. The number of nitrogens with two attached hydrogens (primary N) is 1. The predicted molar refractivity (Wildman–Crippen MR) is 90.9 cm³/mol. The lowest BCUT2D eigenvalue weighted by molar-refractivity contribution is 0.129. The van der Waals surface area contributed by atoms with Crippen LogP contribution in [0, 0.1) is 0 Å². The van der Waals surface area contributed by atoms with Crippen molar-refractivity contribution in [3.8, 4) is 5.75 Å². The summed E-state index contributed by atoms with van der Waals surface area (Å²) in [6.45, 7) is 3.24. The van der Waals surface area contributed by atoms with Crippen molar-refractivity contribution in [3.63, 3.8) is 0 Å². The van der Waals surface area contributed by atoms with Gasteiger partial charge in [-0.3, -0.25) is 4.90 Å². The molecule has 0 aromatic heterocycles. The van der Waals surface area contributed by atoms with Crippen molar-refractivity contribution >= 4 is 17.2 Å². The fourth-order valence-electron chi connectivity index (χ4n) is 2.96. The number of hydrogen-bond donors (Lipinski definition) is 1. The largest absolute Gasteiger partial charge is 0.496 e. The molecular weight excluding hydrogens is 282 g/mol. The molecule has 2 rings (SSSR count). The molecule has 1 aliphatic rings. The van der Waals surface area contributed by atoms with Gasteiger partial charge in [0.25, 0.3) is 0 Å². The minimum Gasteiger partial charge on any atom is -0.496 e. The van der Waals surface area contributed by atoms with Crippen LogP contribution in [0.2, 0.25) is 0 Å². The van der Waals surface area contributed by atoms with Crippen LogP contribution in [0.3, 0.4) is 0 Å². The number of benzene rings is 1. The Morgan fingerprint density at radius 1 is 1.52 bits per heavy atom. The Labute approximate surface area is 132 Å². The van der Waals surface area contributed by atoms with E-state index < -0.39 is 0 Å². The molecule has 1 fully saturated rings. The fraction of sp³-hybridized carbons (Fsp3) is 0.562. The summed E-state index contributed by atoms with van der Waals surface area (Å²) in [5.74, 6) is 0.742. The van der Waals surface area contributed by atoms with E-state index >= 15 is 0 Å². The molecule has 21 heavy (non-hydrogen) atoms. The zero-order valence-corrected chi connectivity index (χ0v) is 13.9. The zero-order valence-electron chi connectivity index (χ0n) is 13.1. The Hall–Kier alpha value is -1.17. The highest BCUT2D eigenvalue weighted by atomic mass is 32.1. The molecule has 1 aliphatic heterocycles. The number of piperidine rings is 1. The molecule has 0 spiro atoms. The van der Waals surface area contributed by atoms with Gasteiger partial charge in [0.2, 0.25) is 0 Å². The second-order valence-corrected chi connectivity index (χ2v) is 6.31. The van der Waals surface area contributed by atoms with Crippen LogP contribution in [0.4, 0.5) is 0 Å². The third kappa shape index (κ3) is 4.15. The third-order valence-corrected chi connectivity index (χ3v) is 4.40. The number of methoxy groups -OCH3 is 1. The maximum atomic E-state index is 5.78. The smallest absolute Gasteiger partial charge is 0.129 e. The molecule has 5 heteroatoms. The van der Waals surface area contributed by atoms with E-state index in [0.717, 1.165) is 24.4 Å². The minimum absolute atomic E-state index is 0.383. The number of likely N-dealkylation sites (N-methyl/N-ethyl adjacent to an activating group) is 2. The van der Waals surface area contributed by atoms with E-state index in [9.17, 15) is 0 Å². The molecule has 1 atom stereocenters. The highest BCUT2D eigenvalue weighted by Gasteiger charge is 2.21. The molecular formula is C16H25N3OS. The van der Waals surface area contributed by atoms with Crippen LogP contribution in [0.25, 0.3) is 0 Å². The first-order valence-corrected chi connectivity index (χ1v) is 7.77. The molecule has 0 aliphatic carbocycles. The van der Waals surface area contributed by atoms with Crippen LogP contribution in [-0.2, 0) is 6.54 Å². The van der Waals surface area contributed by atoms with Gasteiger partial charge in [-0.25, -0.2) is 0 Å². The number of hydrogen-bond acceptors (Lipinski definition) is 4. The van der Waals surface area contributed by atoms with Crippen molar-refractivity contribution < 1.29 is 4.74 Å². The van der Waals surface area contributed by atoms with Crippen LogP contribution >= 0.6 is 12.2 Å². The van der Waals surface area contributed by atoms with Gasteiger partial charge < -0.3 is 15.4 Å². The standard InChI is InChI=1S/C16H25N3OS/c1-18-8-4-5-13(11-18)19(2)10-12-6-7-15(20-3)14(9-12)16(17)21/h6-7,9,13H,4-5,8,10-11H2,1-3H3,(H2,17,21). The molecule has 2 N–H and O–H groups in total. The van der Waals surface area contributed by atoms with Gasteiger partial charge in [-0.2, -0.15) is 0 Å². The fourth-order valence-corrected chi connectivity index (χ4v) is 3.12. The van der Waals surface area contributed by atoms with Crippen molar-refractivity contribution in [2.75, 3.05) is 34.3 Å². The van der Waals surface area contributed by atoms with E-state index in [-0.39, 0.29) is 0 Å². The van der Waals surface area contributed by atoms with E-state index in [1.165, 1.54) is 24.9 Å². The summed E-state index contributed by atoms with van der Waals surface area (Å²) < 4.78 is 5.31. The van der Waals surface area contributed by atoms with Gasteiger partial charge in [-0.05, 0) is 51.2 Å². The number of ether oxygens (including phenoxy) is 1. The van der Waals surface area contributed by atoms with Crippen molar-refractivity contribution in [2.24, 2.45) is 5.73 Å². The monoisotopic (exact) mass is 307 g/mol. The van der Waals surface area contributed by atoms with Crippen LogP contribution in [0.5, 0.6) is 5.75 Å². The molecule has 1 unspecified atom stereocenters. The second-order valence-electron chi connectivity index (χ2n) is 5.87. The SMILES string of the molecule is COc1ccc(CN(C)C2CCCN(C)C2)cc1C(N)=S. The van der Waals surface area contributed by atoms with Crippen molar-refractivity contribution in [1.29, 1.82) is 0 Å². The van der Waals surface area contributed by atoms with Crippen LogP contribution in [0.15, 0.2) is 18.2 Å². The van der Waals surface area contributed by atoms with Crippen molar-refractivity contribution in [1.82, 2.24) is 9.80 Å². The van der Waals surface area contributed by atoms with Gasteiger partial charge in [-0.1, -0.05) is 18.3 Å². The molecule has 0 saturated carbocycles. The summed E-state index contributed by atoms with van der Waals surface area (Å²) >= 11 is 5.11. The Kier molecular flexibility index (Phi) is 5.56. The Balaban J connectivity index is 2.08. The number of thiocarbonyl (C=S) groups is 1. The molecule has 0 bridgehead atoms. The van der Waals surface area contributed by atoms with Gasteiger partial charge in [0.05, 0.1) is 12.7 Å². The molecule has 1 aromatic carbocycles. The van der Waals surface area contributed by atoms with Gasteiger partial charge in [0.1, 0.15) is 10.7 Å². The summed E-state index contributed by atoms with van der Waals surface area (Å²) in [7, 11) is 6.02. The average Bonchev–Trinajstić information content (AvgIpc) is 2.47. The quantitative estimate of drug-likeness (QED) is 0.841. The van der Waals surface area contributed by atoms with Gasteiger partial charge in [0, 0.05) is 19.1 Å². The molecule has 1 saturated heterocycles. The van der Waals surface area contributed by atoms with Crippen molar-refractivity contribution in [2.45, 2.75) is 25.4 Å². The second kappa shape index (κ2) is 7.20. The summed E-state index contributed by atoms with van der Waals surface area (Å²) in [5, 5.41) is 0. The first-order chi connectivity index (χ1) is 10.0. The molecule has 0 amide bonds. The lowest BCUT2D eigenvalue weighted by Crippen LogP contribution is -2.44. The highest BCUT2D eigenvalue weighted by Crippen LogP contribution is 2.22. The summed E-state index contributed by atoms with van der Waals surface area (Å²) in [6.07, 6.45) is 2.53. The number of rotatable bonds is 5. The maximum Gasteiger partial charge on any atom is 0.129 e. The topological polar surface area (TPSA) is 41.7 Å². The lowest BCUT2D eigenvalue weighted by Gasteiger charge is -2.36. The van der Waals surface area contributed by atoms with Gasteiger partial charge in [0.15, 0.2) is 0 Å². The van der Waals surface area contributed by atoms with E-state index in [1.54, 1.807) is 7.11 Å². The minimum atomic E-state index is 0.383. The Bertz CT molecular complexity index is 506. The molecule has 116 valence electrons. The van der Waals surface area contributed by atoms with E-state index in [4.69, 9.17) is 22.7 Å². The van der Waals surface area contributed by atoms with Crippen LogP contribution < -0.4 is 10.5 Å². The van der Waals surface area contributed by atoms with Gasteiger partial charge in [-0.15, -0.1) is 0 Å². The first kappa shape index (κ1) is 16.2. The van der Waals surface area contributed by atoms with Crippen LogP contribution in [0.1, 0.15) is 24.0 Å². The van der Waals surface area contributed by atoms with Gasteiger partial charge >= 0.3 is 0 Å². The highest BCUT2D eigenvalue weighted by molar-refractivity contribution is 7.80. The molecule has 0 radical (unpaired) electrons. The molecule has 1 heterocycles. The van der Waals surface area contributed by atoms with E-state index in [1.807, 2.05) is 12.1 Å². The maximum absolute atomic E-state index is 5.78. The normalized spacial score (nSPS) is 19.7. The molecule has 4 nitrogen and oxygen atoms in total. The van der Waals surface area contributed by atoms with E-state index in [0.29, 0.717) is 11.0 Å². The van der Waals surface area contributed by atoms with E-state index in [2.05, 4.69) is 30.0 Å². The summed E-state index contributed by atoms with van der Waals surface area (Å²) in [6, 6.07) is 6.69. The summed E-state index contributed by atoms with van der Waals surface area (Å²) in [4.78, 5) is 5.20. The van der Waals surface area contributed by atoms with Crippen LogP contribution in [-0.4, -0.2) is 55.1 Å².